The minimum Gasteiger partial charge on any atom is -0.497 e. The zero-order chi connectivity index (χ0) is 34.1. The summed E-state index contributed by atoms with van der Waals surface area (Å²) in [6.45, 7) is 6.96. The molecule has 2 heterocycles. The van der Waals surface area contributed by atoms with E-state index >= 15 is 0 Å². The molecule has 46 heavy (non-hydrogen) atoms. The lowest BCUT2D eigenvalue weighted by Gasteiger charge is -2.23. The topological polar surface area (TPSA) is 203 Å². The first-order valence-electron chi connectivity index (χ1n) is 15.5. The number of hydrogen-bond donors (Lipinski definition) is 6. The SMILES string of the molecule is CC(NC(=O)C[NH+]1CCOCC1)C(N)=O.COCO.COc1ccc(C(O)CC(=O)NC(CC2=CCCC2)C(=O)C2(C)CO2)cc1. The summed E-state index contributed by atoms with van der Waals surface area (Å²) in [6.07, 6.45) is 4.70. The van der Waals surface area contributed by atoms with Crippen LogP contribution in [0.3, 0.4) is 0 Å². The van der Waals surface area contributed by atoms with Gasteiger partial charge in [0.05, 0.1) is 45.5 Å². The molecule has 0 saturated carbocycles. The minimum absolute atomic E-state index is 0.0948. The Morgan fingerprint density at radius 1 is 1.09 bits per heavy atom. The molecule has 2 aliphatic heterocycles. The highest BCUT2D eigenvalue weighted by atomic mass is 16.6. The van der Waals surface area contributed by atoms with E-state index in [1.807, 2.05) is 0 Å². The Bertz CT molecular complexity index is 1150. The van der Waals surface area contributed by atoms with E-state index in [4.69, 9.17) is 25.1 Å². The van der Waals surface area contributed by atoms with Gasteiger partial charge in [-0.05, 0) is 57.2 Å². The van der Waals surface area contributed by atoms with Gasteiger partial charge in [-0.25, -0.2) is 0 Å². The molecule has 3 aliphatic rings. The molecular weight excluding hydrogens is 600 g/mol. The van der Waals surface area contributed by atoms with Crippen molar-refractivity contribution < 1.29 is 53.2 Å². The largest absolute Gasteiger partial charge is 0.497 e. The lowest BCUT2D eigenvalue weighted by molar-refractivity contribution is -0.900. The molecule has 258 valence electrons. The van der Waals surface area contributed by atoms with Crippen LogP contribution in [0.5, 0.6) is 5.75 Å². The Hall–Kier alpha value is -3.40. The zero-order valence-corrected chi connectivity index (χ0v) is 27.3. The van der Waals surface area contributed by atoms with E-state index in [1.165, 1.54) is 17.6 Å². The highest BCUT2D eigenvalue weighted by Gasteiger charge is 2.50. The molecule has 0 aromatic heterocycles. The predicted molar refractivity (Wildman–Crippen MR) is 168 cm³/mol. The predicted octanol–water partition coefficient (Wildman–Crippen LogP) is -1.06. The Balaban J connectivity index is 0.000000326. The third-order valence-corrected chi connectivity index (χ3v) is 7.77. The van der Waals surface area contributed by atoms with Crippen LogP contribution in [0.15, 0.2) is 35.9 Å². The molecule has 0 spiro atoms. The second-order valence-corrected chi connectivity index (χ2v) is 11.6. The number of benzene rings is 1. The molecule has 1 aromatic carbocycles. The van der Waals surface area contributed by atoms with E-state index < -0.39 is 29.7 Å². The molecule has 1 aromatic rings. The van der Waals surface area contributed by atoms with Gasteiger partial charge in [0, 0.05) is 7.11 Å². The van der Waals surface area contributed by atoms with Crippen LogP contribution in [-0.2, 0) is 33.4 Å². The Morgan fingerprint density at radius 3 is 2.22 bits per heavy atom. The number of ketones is 1. The van der Waals surface area contributed by atoms with Crippen molar-refractivity contribution in [3.63, 3.8) is 0 Å². The van der Waals surface area contributed by atoms with Gasteiger partial charge in [0.15, 0.2) is 12.3 Å². The summed E-state index contributed by atoms with van der Waals surface area (Å²) < 4.78 is 19.6. The Kier molecular flexibility index (Phi) is 16.8. The first kappa shape index (κ1) is 38.8. The van der Waals surface area contributed by atoms with Crippen molar-refractivity contribution in [1.29, 1.82) is 0 Å². The van der Waals surface area contributed by atoms with Gasteiger partial charge in [0.1, 0.15) is 37.3 Å². The fourth-order valence-electron chi connectivity index (χ4n) is 4.81. The third-order valence-electron chi connectivity index (χ3n) is 7.77. The average molecular weight is 652 g/mol. The first-order valence-corrected chi connectivity index (χ1v) is 15.5. The van der Waals surface area contributed by atoms with Gasteiger partial charge in [0.25, 0.3) is 5.91 Å². The number of amides is 3. The van der Waals surface area contributed by atoms with E-state index in [0.29, 0.717) is 44.1 Å². The number of morpholine rings is 1. The van der Waals surface area contributed by atoms with Gasteiger partial charge in [-0.15, -0.1) is 0 Å². The summed E-state index contributed by atoms with van der Waals surface area (Å²) in [7, 11) is 3.00. The van der Waals surface area contributed by atoms with Crippen molar-refractivity contribution in [3.8, 4) is 5.75 Å². The summed E-state index contributed by atoms with van der Waals surface area (Å²) >= 11 is 0. The second kappa shape index (κ2) is 20.0. The maximum Gasteiger partial charge on any atom is 0.275 e. The molecule has 14 heteroatoms. The molecular formula is C32H51N4O10+. The number of epoxide rings is 1. The number of aliphatic hydroxyl groups excluding tert-OH is 2. The van der Waals surface area contributed by atoms with E-state index in [9.17, 15) is 24.3 Å². The maximum absolute atomic E-state index is 12.7. The summed E-state index contributed by atoms with van der Waals surface area (Å²) in [6, 6.07) is 5.71. The third kappa shape index (κ3) is 13.9. The Labute approximate surface area is 270 Å². The van der Waals surface area contributed by atoms with E-state index in [0.717, 1.165) is 32.4 Å². The van der Waals surface area contributed by atoms with Crippen LogP contribution in [0.2, 0.25) is 0 Å². The normalized spacial score (nSPS) is 20.7. The molecule has 2 fully saturated rings. The summed E-state index contributed by atoms with van der Waals surface area (Å²) in [5.74, 6) is -0.413. The number of quaternary nitrogens is 1. The smallest absolute Gasteiger partial charge is 0.275 e. The van der Waals surface area contributed by atoms with Crippen molar-refractivity contribution >= 4 is 23.5 Å². The second-order valence-electron chi connectivity index (χ2n) is 11.6. The number of carbonyl (C=O) groups is 4. The molecule has 0 radical (unpaired) electrons. The standard InChI is InChI=1S/C21H27NO5.C9H17N3O3.C2H6O2/c1-21(13-27-21)20(25)17(11-14-5-3-4-6-14)22-19(24)12-18(23)15-7-9-16(26-2)10-8-15;1-7(9(10)14)11-8(13)6-12-2-4-15-5-3-12;1-4-2-3/h5,7-10,17-18,23H,3-4,6,11-13H2,1-2H3,(H,22,24);7H,2-6H2,1H3,(H2,10,14)(H,11,13);3H,2H2,1H3/p+1. The van der Waals surface area contributed by atoms with Crippen molar-refractivity contribution in [1.82, 2.24) is 10.6 Å². The van der Waals surface area contributed by atoms with Gasteiger partial charge in [-0.3, -0.25) is 19.2 Å². The van der Waals surface area contributed by atoms with Crippen molar-refractivity contribution in [2.45, 2.75) is 69.7 Å². The highest BCUT2D eigenvalue weighted by Crippen LogP contribution is 2.31. The fraction of sp³-hybridized carbons (Fsp3) is 0.625. The summed E-state index contributed by atoms with van der Waals surface area (Å²) in [5.41, 5.74) is 6.08. The Morgan fingerprint density at radius 2 is 1.72 bits per heavy atom. The van der Waals surface area contributed by atoms with Gasteiger partial charge in [-0.2, -0.15) is 0 Å². The number of ether oxygens (including phenoxy) is 4. The zero-order valence-electron chi connectivity index (χ0n) is 27.3. The quantitative estimate of drug-likeness (QED) is 0.0817. The van der Waals surface area contributed by atoms with Crippen LogP contribution in [0, 0.1) is 0 Å². The lowest BCUT2D eigenvalue weighted by Crippen LogP contribution is -3.15. The number of nitrogens with two attached hydrogens (primary N) is 1. The lowest BCUT2D eigenvalue weighted by atomic mass is 9.94. The van der Waals surface area contributed by atoms with Gasteiger partial charge < -0.3 is 50.4 Å². The number of allylic oxidation sites excluding steroid dienone is 1. The van der Waals surface area contributed by atoms with Crippen LogP contribution >= 0.6 is 0 Å². The molecule has 0 bridgehead atoms. The molecule has 4 atom stereocenters. The van der Waals surface area contributed by atoms with Crippen molar-refractivity contribution in [3.05, 3.63) is 41.5 Å². The van der Waals surface area contributed by atoms with Crippen LogP contribution in [0.4, 0.5) is 0 Å². The number of Topliss-reactive ketones (excluding diaryl/α,β-unsaturated/α-hetero) is 1. The monoisotopic (exact) mass is 651 g/mol. The van der Waals surface area contributed by atoms with E-state index in [1.54, 1.807) is 45.2 Å². The molecule has 2 saturated heterocycles. The number of methoxy groups -OCH3 is 2. The van der Waals surface area contributed by atoms with Gasteiger partial charge >= 0.3 is 0 Å². The summed E-state index contributed by atoms with van der Waals surface area (Å²) in [4.78, 5) is 48.5. The molecule has 4 unspecified atom stereocenters. The molecule has 7 N–H and O–H groups in total. The van der Waals surface area contributed by atoms with E-state index in [2.05, 4.69) is 21.4 Å². The highest BCUT2D eigenvalue weighted by molar-refractivity contribution is 5.96. The van der Waals surface area contributed by atoms with Crippen LogP contribution in [0.25, 0.3) is 0 Å². The van der Waals surface area contributed by atoms with Crippen molar-refractivity contribution in [2.24, 2.45) is 5.73 Å². The minimum atomic E-state index is -0.940. The molecule has 14 nitrogen and oxygen atoms in total. The van der Waals surface area contributed by atoms with Crippen LogP contribution in [0.1, 0.15) is 57.6 Å². The van der Waals surface area contributed by atoms with Crippen LogP contribution < -0.4 is 26.0 Å². The van der Waals surface area contributed by atoms with Gasteiger partial charge in [-0.1, -0.05) is 23.8 Å². The number of hydrogen-bond acceptors (Lipinski definition) is 10. The number of primary amides is 1. The first-order chi connectivity index (χ1) is 21.9. The number of aliphatic hydroxyl groups is 2. The fourth-order valence-corrected chi connectivity index (χ4v) is 4.81. The number of rotatable bonds is 14. The van der Waals surface area contributed by atoms with E-state index in [-0.39, 0.29) is 30.8 Å². The average Bonchev–Trinajstić information content (AvgIpc) is 3.59. The van der Waals surface area contributed by atoms with Gasteiger partial charge in [0.2, 0.25) is 11.8 Å². The number of carbonyl (C=O) groups excluding carboxylic acids is 4. The van der Waals surface area contributed by atoms with Crippen molar-refractivity contribution in [2.75, 3.05) is 60.5 Å². The van der Waals surface area contributed by atoms with Crippen LogP contribution in [-0.4, -0.2) is 112 Å². The molecule has 3 amide bonds. The molecule has 4 rings (SSSR count). The maximum atomic E-state index is 12.7. The molecule has 1 aliphatic carbocycles. The number of nitrogens with one attached hydrogen (secondary N) is 3. The summed E-state index contributed by atoms with van der Waals surface area (Å²) in [5, 5.41) is 23.4.